The fourth-order valence-corrected chi connectivity index (χ4v) is 1.98. The lowest BCUT2D eigenvalue weighted by atomic mass is 9.94. The molecule has 1 aromatic heterocycles. The summed E-state index contributed by atoms with van der Waals surface area (Å²) in [6, 6.07) is 1.99. The summed E-state index contributed by atoms with van der Waals surface area (Å²) in [5.41, 5.74) is 0.429. The van der Waals surface area contributed by atoms with Gasteiger partial charge in [-0.1, -0.05) is 13.3 Å². The number of hydrogen-bond acceptors (Lipinski definition) is 2. The van der Waals surface area contributed by atoms with Crippen LogP contribution in [0.2, 0.25) is 0 Å². The second kappa shape index (κ2) is 3.37. The minimum atomic E-state index is -0.616. The first-order chi connectivity index (χ1) is 5.17. The Hall–Kier alpha value is -0.340. The van der Waals surface area contributed by atoms with Crippen molar-refractivity contribution in [1.29, 1.82) is 0 Å². The van der Waals surface area contributed by atoms with Crippen LogP contribution in [0.4, 0.5) is 0 Å². The van der Waals surface area contributed by atoms with Crippen LogP contribution in [0, 0.1) is 0 Å². The molecule has 0 aromatic carbocycles. The minimum absolute atomic E-state index is 0.616. The summed E-state index contributed by atoms with van der Waals surface area (Å²) in [5.74, 6) is 0. The van der Waals surface area contributed by atoms with E-state index in [1.54, 1.807) is 11.3 Å². The highest BCUT2D eigenvalue weighted by Gasteiger charge is 2.21. The summed E-state index contributed by atoms with van der Waals surface area (Å²) >= 11 is 1.63. The molecule has 0 aliphatic carbocycles. The zero-order valence-electron chi connectivity index (χ0n) is 7.00. The Labute approximate surface area is 71.7 Å². The third kappa shape index (κ3) is 2.04. The Balaban J connectivity index is 2.73. The summed E-state index contributed by atoms with van der Waals surface area (Å²) < 4.78 is 0. The van der Waals surface area contributed by atoms with Crippen LogP contribution in [0.1, 0.15) is 32.3 Å². The average Bonchev–Trinajstić information content (AvgIpc) is 2.37. The normalized spacial score (nSPS) is 16.3. The van der Waals surface area contributed by atoms with Gasteiger partial charge in [0.1, 0.15) is 0 Å². The molecule has 0 saturated carbocycles. The van der Waals surface area contributed by atoms with Crippen LogP contribution >= 0.6 is 11.3 Å². The molecule has 0 aliphatic rings. The Morgan fingerprint density at radius 3 is 2.82 bits per heavy atom. The van der Waals surface area contributed by atoms with Gasteiger partial charge in [0.15, 0.2) is 0 Å². The van der Waals surface area contributed by atoms with Crippen molar-refractivity contribution in [1.82, 2.24) is 0 Å². The van der Waals surface area contributed by atoms with Gasteiger partial charge in [-0.25, -0.2) is 0 Å². The number of hydrogen-bond donors (Lipinski definition) is 1. The first kappa shape index (κ1) is 8.75. The molecule has 1 nitrogen and oxygen atoms in total. The van der Waals surface area contributed by atoms with Gasteiger partial charge >= 0.3 is 0 Å². The minimum Gasteiger partial charge on any atom is -0.385 e. The molecule has 0 saturated heterocycles. The molecule has 1 rings (SSSR count). The SMILES string of the molecule is CCCC(C)(O)c1ccsc1. The van der Waals surface area contributed by atoms with E-state index in [4.69, 9.17) is 0 Å². The van der Waals surface area contributed by atoms with Crippen molar-refractivity contribution in [2.45, 2.75) is 32.3 Å². The van der Waals surface area contributed by atoms with Crippen LogP contribution in [0.5, 0.6) is 0 Å². The maximum Gasteiger partial charge on any atom is 0.0876 e. The van der Waals surface area contributed by atoms with E-state index in [1.165, 1.54) is 0 Å². The van der Waals surface area contributed by atoms with Gasteiger partial charge < -0.3 is 5.11 Å². The van der Waals surface area contributed by atoms with Gasteiger partial charge in [-0.3, -0.25) is 0 Å². The highest BCUT2D eigenvalue weighted by Crippen LogP contribution is 2.27. The van der Waals surface area contributed by atoms with Crippen molar-refractivity contribution in [2.24, 2.45) is 0 Å². The van der Waals surface area contributed by atoms with E-state index in [0.29, 0.717) is 0 Å². The third-order valence-corrected chi connectivity index (χ3v) is 2.56. The molecule has 1 unspecified atom stereocenters. The Bertz CT molecular complexity index is 201. The summed E-state index contributed by atoms with van der Waals surface area (Å²) in [4.78, 5) is 0. The van der Waals surface area contributed by atoms with Crippen LogP contribution < -0.4 is 0 Å². The molecule has 1 atom stereocenters. The molecule has 0 bridgehead atoms. The monoisotopic (exact) mass is 170 g/mol. The number of rotatable bonds is 3. The molecule has 2 heteroatoms. The first-order valence-electron chi connectivity index (χ1n) is 3.92. The standard InChI is InChI=1S/C9H14OS/c1-3-5-9(2,10)8-4-6-11-7-8/h4,6-7,10H,3,5H2,1-2H3. The summed E-state index contributed by atoms with van der Waals surface area (Å²) in [5, 5.41) is 13.9. The highest BCUT2D eigenvalue weighted by atomic mass is 32.1. The van der Waals surface area contributed by atoms with Crippen molar-refractivity contribution in [3.05, 3.63) is 22.4 Å². The van der Waals surface area contributed by atoms with E-state index in [1.807, 2.05) is 23.8 Å². The lowest BCUT2D eigenvalue weighted by Crippen LogP contribution is -2.19. The summed E-state index contributed by atoms with van der Waals surface area (Å²) in [7, 11) is 0. The predicted molar refractivity (Wildman–Crippen MR) is 48.8 cm³/mol. The molecule has 11 heavy (non-hydrogen) atoms. The maximum atomic E-state index is 9.88. The lowest BCUT2D eigenvalue weighted by molar-refractivity contribution is 0.0474. The molecule has 1 aromatic rings. The predicted octanol–water partition coefficient (Wildman–Crippen LogP) is 2.76. The van der Waals surface area contributed by atoms with Gasteiger partial charge in [0.2, 0.25) is 0 Å². The van der Waals surface area contributed by atoms with Gasteiger partial charge in [-0.15, -0.1) is 0 Å². The molecule has 0 spiro atoms. The molecule has 1 heterocycles. The zero-order valence-corrected chi connectivity index (χ0v) is 7.82. The van der Waals surface area contributed by atoms with E-state index < -0.39 is 5.60 Å². The molecular weight excluding hydrogens is 156 g/mol. The van der Waals surface area contributed by atoms with Crippen LogP contribution in [0.15, 0.2) is 16.8 Å². The van der Waals surface area contributed by atoms with Gasteiger partial charge in [0, 0.05) is 0 Å². The first-order valence-corrected chi connectivity index (χ1v) is 4.86. The van der Waals surface area contributed by atoms with Gasteiger partial charge in [0.05, 0.1) is 5.60 Å². The van der Waals surface area contributed by atoms with Crippen LogP contribution in [-0.2, 0) is 5.60 Å². The lowest BCUT2D eigenvalue weighted by Gasteiger charge is -2.21. The second-order valence-electron chi connectivity index (χ2n) is 3.04. The van der Waals surface area contributed by atoms with E-state index in [-0.39, 0.29) is 0 Å². The van der Waals surface area contributed by atoms with Crippen molar-refractivity contribution < 1.29 is 5.11 Å². The van der Waals surface area contributed by atoms with Gasteiger partial charge in [0.25, 0.3) is 0 Å². The van der Waals surface area contributed by atoms with E-state index >= 15 is 0 Å². The summed E-state index contributed by atoms with van der Waals surface area (Å²) in [6.45, 7) is 3.96. The molecular formula is C9H14OS. The van der Waals surface area contributed by atoms with E-state index in [9.17, 15) is 5.11 Å². The number of aliphatic hydroxyl groups is 1. The molecule has 62 valence electrons. The number of thiophene rings is 1. The average molecular weight is 170 g/mol. The quantitative estimate of drug-likeness (QED) is 0.739. The van der Waals surface area contributed by atoms with Gasteiger partial charge in [-0.05, 0) is 35.7 Å². The largest absolute Gasteiger partial charge is 0.385 e. The maximum absolute atomic E-state index is 9.88. The Morgan fingerprint density at radius 1 is 1.64 bits per heavy atom. The second-order valence-corrected chi connectivity index (χ2v) is 3.82. The fourth-order valence-electron chi connectivity index (χ4n) is 1.20. The molecule has 0 radical (unpaired) electrons. The van der Waals surface area contributed by atoms with E-state index in [2.05, 4.69) is 6.92 Å². The van der Waals surface area contributed by atoms with Crippen LogP contribution in [0.25, 0.3) is 0 Å². The van der Waals surface area contributed by atoms with E-state index in [0.717, 1.165) is 18.4 Å². The third-order valence-electron chi connectivity index (χ3n) is 1.88. The van der Waals surface area contributed by atoms with Crippen LogP contribution in [0.3, 0.4) is 0 Å². The van der Waals surface area contributed by atoms with Crippen LogP contribution in [-0.4, -0.2) is 5.11 Å². The van der Waals surface area contributed by atoms with Crippen molar-refractivity contribution in [3.8, 4) is 0 Å². The Morgan fingerprint density at radius 2 is 2.36 bits per heavy atom. The van der Waals surface area contributed by atoms with Crippen molar-refractivity contribution >= 4 is 11.3 Å². The topological polar surface area (TPSA) is 20.2 Å². The smallest absolute Gasteiger partial charge is 0.0876 e. The van der Waals surface area contributed by atoms with Crippen molar-refractivity contribution in [3.63, 3.8) is 0 Å². The van der Waals surface area contributed by atoms with Crippen molar-refractivity contribution in [2.75, 3.05) is 0 Å². The molecule has 0 amide bonds. The fraction of sp³-hybridized carbons (Fsp3) is 0.556. The highest BCUT2D eigenvalue weighted by molar-refractivity contribution is 7.08. The zero-order chi connectivity index (χ0) is 8.32. The molecule has 1 N–H and O–H groups in total. The van der Waals surface area contributed by atoms with Gasteiger partial charge in [-0.2, -0.15) is 11.3 Å². The Kier molecular flexibility index (Phi) is 2.68. The molecule has 0 aliphatic heterocycles. The molecule has 0 fully saturated rings. The summed E-state index contributed by atoms with van der Waals surface area (Å²) in [6.07, 6.45) is 1.85.